The Morgan fingerprint density at radius 1 is 0.971 bits per heavy atom. The Hall–Kier alpha value is -3.84. The minimum atomic E-state index is -0.203. The van der Waals surface area contributed by atoms with Gasteiger partial charge in [-0.2, -0.15) is 9.61 Å². The molecule has 0 saturated carbocycles. The molecule has 7 heteroatoms. The van der Waals surface area contributed by atoms with E-state index in [1.165, 1.54) is 16.5 Å². The lowest BCUT2D eigenvalue weighted by molar-refractivity contribution is 0.171. The third kappa shape index (κ3) is 3.40. The minimum Gasteiger partial charge on any atom is -0.486 e. The lowest BCUT2D eigenvalue weighted by Gasteiger charge is -2.19. The number of hydrogen-bond acceptors (Lipinski definition) is 5. The molecule has 6 rings (SSSR count). The van der Waals surface area contributed by atoms with E-state index in [2.05, 4.69) is 11.1 Å². The van der Waals surface area contributed by atoms with Crippen LogP contribution in [0.25, 0.3) is 33.6 Å². The number of H-pyrrole nitrogens is 1. The summed E-state index contributed by atoms with van der Waals surface area (Å²) in [6.45, 7) is 1.19. The molecule has 2 aromatic heterocycles. The monoisotopic (exact) mass is 454 g/mol. The number of hydrogen-bond donors (Lipinski definition) is 2. The zero-order valence-corrected chi connectivity index (χ0v) is 18.8. The Labute approximate surface area is 196 Å². The van der Waals surface area contributed by atoms with E-state index in [0.717, 1.165) is 41.6 Å². The quantitative estimate of drug-likeness (QED) is 0.472. The maximum absolute atomic E-state index is 13.9. The van der Waals surface area contributed by atoms with Crippen molar-refractivity contribution in [2.75, 3.05) is 13.2 Å². The summed E-state index contributed by atoms with van der Waals surface area (Å²) >= 11 is 0. The standard InChI is InChI=1S/C27H26N4O3/c28-16-20-23(19-11-12-21-22(15-19)34-14-13-33-21)27(32)31-26(29-20)24(17-7-3-1-4-8-17)25(30-31)18-9-5-2-6-10-18/h2,5-7,9-12,15,29H,1,3-4,8,13-14,16,28H2. The number of nitrogens with two attached hydrogens (primary N) is 1. The van der Waals surface area contributed by atoms with Gasteiger partial charge in [0.05, 0.1) is 5.56 Å². The molecule has 2 aliphatic rings. The average Bonchev–Trinajstić information content (AvgIpc) is 3.29. The van der Waals surface area contributed by atoms with E-state index >= 15 is 0 Å². The van der Waals surface area contributed by atoms with Crippen LogP contribution in [0, 0.1) is 0 Å². The number of nitrogens with one attached hydrogen (secondary N) is 1. The number of benzene rings is 2. The van der Waals surface area contributed by atoms with Crippen LogP contribution < -0.4 is 20.8 Å². The Kier molecular flexibility index (Phi) is 5.19. The molecule has 0 unspecified atom stereocenters. The molecule has 34 heavy (non-hydrogen) atoms. The van der Waals surface area contributed by atoms with Crippen LogP contribution in [0.3, 0.4) is 0 Å². The first-order chi connectivity index (χ1) is 16.7. The summed E-state index contributed by atoms with van der Waals surface area (Å²) in [5, 5.41) is 4.84. The second kappa shape index (κ2) is 8.50. The molecule has 4 aromatic rings. The summed E-state index contributed by atoms with van der Waals surface area (Å²) in [4.78, 5) is 17.4. The smallest absolute Gasteiger partial charge is 0.282 e. The van der Waals surface area contributed by atoms with Crippen LogP contribution in [0.1, 0.15) is 36.9 Å². The second-order valence-electron chi connectivity index (χ2n) is 8.67. The zero-order chi connectivity index (χ0) is 23.1. The van der Waals surface area contributed by atoms with Crippen LogP contribution in [0.4, 0.5) is 0 Å². The Bertz CT molecular complexity index is 1470. The summed E-state index contributed by atoms with van der Waals surface area (Å²) in [5.74, 6) is 1.31. The molecule has 1 aliphatic heterocycles. The van der Waals surface area contributed by atoms with Gasteiger partial charge < -0.3 is 20.2 Å². The van der Waals surface area contributed by atoms with E-state index < -0.39 is 0 Å². The Morgan fingerprint density at radius 2 is 1.79 bits per heavy atom. The maximum atomic E-state index is 13.9. The molecule has 1 aliphatic carbocycles. The fraction of sp³-hybridized carbons (Fsp3) is 0.259. The van der Waals surface area contributed by atoms with Crippen LogP contribution in [0.15, 0.2) is 59.4 Å². The van der Waals surface area contributed by atoms with Crippen molar-refractivity contribution in [3.8, 4) is 33.9 Å². The van der Waals surface area contributed by atoms with E-state index in [1.54, 1.807) is 0 Å². The topological polar surface area (TPSA) is 94.6 Å². The molecule has 0 bridgehead atoms. The van der Waals surface area contributed by atoms with Gasteiger partial charge in [0.25, 0.3) is 5.56 Å². The Balaban J connectivity index is 1.62. The van der Waals surface area contributed by atoms with Crippen LogP contribution in [0.5, 0.6) is 11.5 Å². The highest BCUT2D eigenvalue weighted by Crippen LogP contribution is 2.38. The van der Waals surface area contributed by atoms with E-state index in [1.807, 2.05) is 48.5 Å². The van der Waals surface area contributed by atoms with Crippen LogP contribution in [-0.2, 0) is 6.54 Å². The highest BCUT2D eigenvalue weighted by Gasteiger charge is 2.24. The van der Waals surface area contributed by atoms with E-state index in [4.69, 9.17) is 20.3 Å². The fourth-order valence-electron chi connectivity index (χ4n) is 4.94. The minimum absolute atomic E-state index is 0.194. The van der Waals surface area contributed by atoms with Gasteiger partial charge in [0.2, 0.25) is 0 Å². The molecule has 3 N–H and O–H groups in total. The van der Waals surface area contributed by atoms with Gasteiger partial charge in [-0.1, -0.05) is 42.5 Å². The molecule has 0 saturated heterocycles. The van der Waals surface area contributed by atoms with E-state index in [0.29, 0.717) is 41.6 Å². The maximum Gasteiger partial charge on any atom is 0.282 e. The molecule has 0 amide bonds. The predicted octanol–water partition coefficient (Wildman–Crippen LogP) is 4.54. The number of aromatic nitrogens is 3. The van der Waals surface area contributed by atoms with Crippen molar-refractivity contribution in [3.63, 3.8) is 0 Å². The van der Waals surface area contributed by atoms with Gasteiger partial charge in [0, 0.05) is 23.4 Å². The number of aromatic amines is 1. The molecule has 0 radical (unpaired) electrons. The summed E-state index contributed by atoms with van der Waals surface area (Å²) in [6.07, 6.45) is 6.58. The lowest BCUT2D eigenvalue weighted by Crippen LogP contribution is -2.22. The van der Waals surface area contributed by atoms with Gasteiger partial charge in [0.15, 0.2) is 11.5 Å². The van der Waals surface area contributed by atoms with Gasteiger partial charge in [-0.25, -0.2) is 0 Å². The summed E-state index contributed by atoms with van der Waals surface area (Å²) in [5.41, 5.74) is 12.6. The highest BCUT2D eigenvalue weighted by atomic mass is 16.6. The summed E-state index contributed by atoms with van der Waals surface area (Å²) in [7, 11) is 0. The molecular weight excluding hydrogens is 428 g/mol. The Morgan fingerprint density at radius 3 is 2.56 bits per heavy atom. The normalized spacial score (nSPS) is 15.4. The first kappa shape index (κ1) is 20.7. The number of nitrogens with zero attached hydrogens (tertiary/aromatic N) is 2. The van der Waals surface area contributed by atoms with Crippen molar-refractivity contribution in [1.82, 2.24) is 14.6 Å². The van der Waals surface area contributed by atoms with Crippen molar-refractivity contribution < 1.29 is 9.47 Å². The van der Waals surface area contributed by atoms with Crippen LogP contribution in [-0.4, -0.2) is 27.8 Å². The van der Waals surface area contributed by atoms with Crippen molar-refractivity contribution in [1.29, 1.82) is 0 Å². The van der Waals surface area contributed by atoms with Crippen LogP contribution >= 0.6 is 0 Å². The van der Waals surface area contributed by atoms with Gasteiger partial charge in [-0.05, 0) is 49.0 Å². The molecule has 2 aromatic carbocycles. The van der Waals surface area contributed by atoms with Crippen molar-refractivity contribution in [3.05, 3.63) is 76.2 Å². The zero-order valence-electron chi connectivity index (χ0n) is 18.8. The van der Waals surface area contributed by atoms with Gasteiger partial charge in [0.1, 0.15) is 24.6 Å². The van der Waals surface area contributed by atoms with Crippen molar-refractivity contribution in [2.45, 2.75) is 32.2 Å². The number of fused-ring (bicyclic) bond motifs is 2. The van der Waals surface area contributed by atoms with Gasteiger partial charge in [-0.15, -0.1) is 0 Å². The average molecular weight is 455 g/mol. The third-order valence-electron chi connectivity index (χ3n) is 6.56. The highest BCUT2D eigenvalue weighted by molar-refractivity contribution is 5.88. The molecule has 0 spiro atoms. The van der Waals surface area contributed by atoms with Crippen LogP contribution in [0.2, 0.25) is 0 Å². The van der Waals surface area contributed by atoms with Crippen molar-refractivity contribution in [2.24, 2.45) is 5.73 Å². The second-order valence-corrected chi connectivity index (χ2v) is 8.67. The third-order valence-corrected chi connectivity index (χ3v) is 6.56. The predicted molar refractivity (Wildman–Crippen MR) is 132 cm³/mol. The molecule has 0 atom stereocenters. The molecular formula is C27H26N4O3. The molecule has 3 heterocycles. The number of rotatable bonds is 4. The van der Waals surface area contributed by atoms with E-state index in [9.17, 15) is 4.79 Å². The number of allylic oxidation sites excluding steroid dienone is 2. The first-order valence-electron chi connectivity index (χ1n) is 11.8. The molecule has 7 nitrogen and oxygen atoms in total. The summed E-state index contributed by atoms with van der Waals surface area (Å²) < 4.78 is 12.9. The molecule has 0 fully saturated rings. The SMILES string of the molecule is NCc1[nH]c2c(C3=CCCCC3)c(-c3ccccc3)nn2c(=O)c1-c1ccc2c(c1)OCCO2. The molecule has 172 valence electrons. The number of ether oxygens (including phenoxy) is 2. The van der Waals surface area contributed by atoms with Gasteiger partial charge in [-0.3, -0.25) is 4.79 Å². The largest absolute Gasteiger partial charge is 0.486 e. The lowest BCUT2D eigenvalue weighted by atomic mass is 9.92. The van der Waals surface area contributed by atoms with Gasteiger partial charge >= 0.3 is 0 Å². The fourth-order valence-corrected chi connectivity index (χ4v) is 4.94. The summed E-state index contributed by atoms with van der Waals surface area (Å²) in [6, 6.07) is 15.6. The van der Waals surface area contributed by atoms with Crippen molar-refractivity contribution >= 4 is 11.2 Å². The first-order valence-corrected chi connectivity index (χ1v) is 11.8. The van der Waals surface area contributed by atoms with E-state index in [-0.39, 0.29) is 12.1 Å².